The second-order valence-corrected chi connectivity index (χ2v) is 11.5. The first-order valence-corrected chi connectivity index (χ1v) is 10.9. The molecule has 2 nitrogen and oxygen atoms in total. The number of rotatable bonds is 5. The molecule has 0 atom stereocenters. The van der Waals surface area contributed by atoms with Gasteiger partial charge in [0.2, 0.25) is 0 Å². The lowest BCUT2D eigenvalue weighted by atomic mass is 10.1. The molecule has 1 aromatic carbocycles. The minimum Gasteiger partial charge on any atom is -0.497 e. The monoisotopic (exact) mass is 277 g/mol. The van der Waals surface area contributed by atoms with Crippen LogP contribution in [0.15, 0.2) is 24.3 Å². The molecule has 0 saturated carbocycles. The minimum absolute atomic E-state index is 0.958. The van der Waals surface area contributed by atoms with E-state index >= 15 is 0 Å². The lowest BCUT2D eigenvalue weighted by Crippen LogP contribution is -2.46. The van der Waals surface area contributed by atoms with Gasteiger partial charge in [0, 0.05) is 0 Å². The first-order valence-electron chi connectivity index (χ1n) is 7.44. The van der Waals surface area contributed by atoms with Gasteiger partial charge in [-0.15, -0.1) is 0 Å². The Balaban J connectivity index is 1.91. The molecule has 0 N–H and O–H groups in total. The summed E-state index contributed by atoms with van der Waals surface area (Å²) in [5, 5.41) is 0. The molecule has 1 aromatic rings. The van der Waals surface area contributed by atoms with Crippen molar-refractivity contribution in [3.63, 3.8) is 0 Å². The number of nitrogens with zero attached hydrogens (tertiary/aromatic N) is 1. The lowest BCUT2D eigenvalue weighted by Gasteiger charge is -2.33. The fraction of sp³-hybridized carbons (Fsp3) is 0.625. The van der Waals surface area contributed by atoms with Crippen LogP contribution in [-0.2, 0) is 6.04 Å². The highest BCUT2D eigenvalue weighted by Crippen LogP contribution is 2.19. The Kier molecular flexibility index (Phi) is 5.05. The van der Waals surface area contributed by atoms with Crippen molar-refractivity contribution in [1.82, 2.24) is 4.90 Å². The van der Waals surface area contributed by atoms with Gasteiger partial charge in [0.15, 0.2) is 0 Å². The summed E-state index contributed by atoms with van der Waals surface area (Å²) in [5.74, 6) is 0.958. The molecule has 0 unspecified atom stereocenters. The van der Waals surface area contributed by atoms with Crippen molar-refractivity contribution in [2.75, 3.05) is 26.4 Å². The van der Waals surface area contributed by atoms with Crippen molar-refractivity contribution in [2.45, 2.75) is 38.4 Å². The number of benzene rings is 1. The fourth-order valence-corrected chi connectivity index (χ4v) is 6.05. The SMILES string of the molecule is COc1ccc(C[Si](C)(C)CN2CCCCC2)cc1. The van der Waals surface area contributed by atoms with Crippen molar-refractivity contribution < 1.29 is 4.74 Å². The van der Waals surface area contributed by atoms with Crippen LogP contribution in [0.1, 0.15) is 24.8 Å². The molecule has 106 valence electrons. The third kappa shape index (κ3) is 4.66. The van der Waals surface area contributed by atoms with Gasteiger partial charge in [-0.25, -0.2) is 0 Å². The Bertz CT molecular complexity index is 382. The van der Waals surface area contributed by atoms with E-state index in [1.165, 1.54) is 50.1 Å². The van der Waals surface area contributed by atoms with Gasteiger partial charge >= 0.3 is 0 Å². The first kappa shape index (κ1) is 14.6. The summed E-state index contributed by atoms with van der Waals surface area (Å²) in [7, 11) is 0.552. The van der Waals surface area contributed by atoms with Crippen LogP contribution in [0.25, 0.3) is 0 Å². The van der Waals surface area contributed by atoms with Crippen LogP contribution in [0.5, 0.6) is 5.75 Å². The lowest BCUT2D eigenvalue weighted by molar-refractivity contribution is 0.258. The Hall–Kier alpha value is -0.803. The molecule has 1 heterocycles. The summed E-state index contributed by atoms with van der Waals surface area (Å²) in [4.78, 5) is 2.69. The molecule has 0 amide bonds. The van der Waals surface area contributed by atoms with Crippen LogP contribution in [-0.4, -0.2) is 39.3 Å². The summed E-state index contributed by atoms with van der Waals surface area (Å²) in [6.07, 6.45) is 5.57. The van der Waals surface area contributed by atoms with E-state index in [0.717, 1.165) is 5.75 Å². The van der Waals surface area contributed by atoms with Gasteiger partial charge in [-0.2, -0.15) is 0 Å². The van der Waals surface area contributed by atoms with Crippen molar-refractivity contribution >= 4 is 8.07 Å². The molecular formula is C16H27NOSi. The summed E-state index contributed by atoms with van der Waals surface area (Å²) < 4.78 is 5.22. The van der Waals surface area contributed by atoms with E-state index in [-0.39, 0.29) is 0 Å². The van der Waals surface area contributed by atoms with E-state index in [2.05, 4.69) is 42.3 Å². The molecule has 1 saturated heterocycles. The molecule has 1 aliphatic rings. The maximum Gasteiger partial charge on any atom is 0.118 e. The van der Waals surface area contributed by atoms with E-state index in [9.17, 15) is 0 Å². The quantitative estimate of drug-likeness (QED) is 0.764. The number of methoxy groups -OCH3 is 1. The molecule has 1 aliphatic heterocycles. The van der Waals surface area contributed by atoms with Crippen molar-refractivity contribution in [1.29, 1.82) is 0 Å². The van der Waals surface area contributed by atoms with Gasteiger partial charge in [0.1, 0.15) is 5.75 Å². The van der Waals surface area contributed by atoms with Crippen molar-refractivity contribution in [2.24, 2.45) is 0 Å². The fourth-order valence-electron chi connectivity index (χ4n) is 3.07. The van der Waals surface area contributed by atoms with Crippen molar-refractivity contribution in [3.8, 4) is 5.75 Å². The van der Waals surface area contributed by atoms with E-state index in [1.807, 2.05) is 0 Å². The van der Waals surface area contributed by atoms with E-state index in [1.54, 1.807) is 7.11 Å². The number of hydrogen-bond acceptors (Lipinski definition) is 2. The topological polar surface area (TPSA) is 12.5 Å². The highest BCUT2D eigenvalue weighted by Gasteiger charge is 2.25. The number of ether oxygens (including phenoxy) is 1. The third-order valence-corrected chi connectivity index (χ3v) is 6.61. The molecule has 1 fully saturated rings. The normalized spacial score (nSPS) is 17.4. The largest absolute Gasteiger partial charge is 0.497 e. The van der Waals surface area contributed by atoms with E-state index in [4.69, 9.17) is 4.74 Å². The van der Waals surface area contributed by atoms with Gasteiger partial charge in [-0.1, -0.05) is 37.2 Å². The maximum atomic E-state index is 5.22. The smallest absolute Gasteiger partial charge is 0.118 e. The summed E-state index contributed by atoms with van der Waals surface area (Å²) >= 11 is 0. The zero-order valence-electron chi connectivity index (χ0n) is 12.6. The molecule has 2 rings (SSSR count). The molecule has 19 heavy (non-hydrogen) atoms. The van der Waals surface area contributed by atoms with Gasteiger partial charge < -0.3 is 9.64 Å². The minimum atomic E-state index is -1.17. The number of likely N-dealkylation sites (tertiary alicyclic amines) is 1. The van der Waals surface area contributed by atoms with Crippen LogP contribution in [0.4, 0.5) is 0 Å². The average molecular weight is 277 g/mol. The van der Waals surface area contributed by atoms with Crippen LogP contribution < -0.4 is 4.74 Å². The number of hydrogen-bond donors (Lipinski definition) is 0. The van der Waals surface area contributed by atoms with Crippen LogP contribution in [0, 0.1) is 0 Å². The predicted molar refractivity (Wildman–Crippen MR) is 84.5 cm³/mol. The zero-order chi connectivity index (χ0) is 13.7. The molecular weight excluding hydrogens is 250 g/mol. The highest BCUT2D eigenvalue weighted by molar-refractivity contribution is 6.77. The Morgan fingerprint density at radius 3 is 2.26 bits per heavy atom. The average Bonchev–Trinajstić information content (AvgIpc) is 2.39. The molecule has 0 aromatic heterocycles. The predicted octanol–water partition coefficient (Wildman–Crippen LogP) is 3.51. The van der Waals surface area contributed by atoms with Crippen LogP contribution >= 0.6 is 0 Å². The van der Waals surface area contributed by atoms with Gasteiger partial charge in [0.05, 0.1) is 15.2 Å². The van der Waals surface area contributed by atoms with Gasteiger partial charge in [-0.3, -0.25) is 0 Å². The first-order chi connectivity index (χ1) is 9.09. The molecule has 0 radical (unpaired) electrons. The van der Waals surface area contributed by atoms with E-state index in [0.29, 0.717) is 0 Å². The van der Waals surface area contributed by atoms with Gasteiger partial charge in [-0.05, 0) is 50.3 Å². The molecule has 3 heteroatoms. The highest BCUT2D eigenvalue weighted by atomic mass is 28.3. The second-order valence-electron chi connectivity index (χ2n) is 6.53. The summed E-state index contributed by atoms with van der Waals surface area (Å²) in [6, 6.07) is 9.89. The van der Waals surface area contributed by atoms with Crippen molar-refractivity contribution in [3.05, 3.63) is 29.8 Å². The maximum absolute atomic E-state index is 5.22. The van der Waals surface area contributed by atoms with Crippen LogP contribution in [0.2, 0.25) is 13.1 Å². The third-order valence-electron chi connectivity index (χ3n) is 3.94. The Morgan fingerprint density at radius 1 is 1.05 bits per heavy atom. The number of piperidine rings is 1. The Labute approximate surface area is 118 Å². The standard InChI is InChI=1S/C16H27NOSi/c1-18-16-9-7-15(8-10-16)13-19(2,3)14-17-11-5-4-6-12-17/h7-10H,4-6,11-14H2,1-3H3. The second kappa shape index (κ2) is 6.57. The molecule has 0 bridgehead atoms. The summed E-state index contributed by atoms with van der Waals surface area (Å²) in [6.45, 7) is 7.68. The Morgan fingerprint density at radius 2 is 1.68 bits per heavy atom. The molecule has 0 aliphatic carbocycles. The van der Waals surface area contributed by atoms with E-state index < -0.39 is 8.07 Å². The molecule has 0 spiro atoms. The summed E-state index contributed by atoms with van der Waals surface area (Å²) in [5.41, 5.74) is 1.47. The zero-order valence-corrected chi connectivity index (χ0v) is 13.6. The van der Waals surface area contributed by atoms with Gasteiger partial charge in [0.25, 0.3) is 0 Å². The van der Waals surface area contributed by atoms with Crippen LogP contribution in [0.3, 0.4) is 0 Å².